The molecule has 0 atom stereocenters. The average molecular weight is 1010 g/mol. The molecule has 360 valence electrons. The van der Waals surface area contributed by atoms with Crippen molar-refractivity contribution in [3.05, 3.63) is 125 Å². The van der Waals surface area contributed by atoms with Gasteiger partial charge in [0.1, 0.15) is 34.2 Å². The number of ketones is 1. The first-order chi connectivity index (χ1) is 32.8. The minimum absolute atomic E-state index is 0.00376. The van der Waals surface area contributed by atoms with Gasteiger partial charge in [0.25, 0.3) is 0 Å². The minimum Gasteiger partial charge on any atom is -0.507 e. The van der Waals surface area contributed by atoms with Gasteiger partial charge >= 0.3 is 0 Å². The summed E-state index contributed by atoms with van der Waals surface area (Å²) in [7, 11) is 0. The molecule has 0 unspecified atom stereocenters. The highest BCUT2D eigenvalue weighted by molar-refractivity contribution is 6.66. The Morgan fingerprint density at radius 3 is 1.46 bits per heavy atom. The SMILES string of the molecule is C=CC(=O)Cc1cnc2c(F)c(-c3c(O)cccc3F)c(Cl)cc2c1N1CCN(C(C)=O)CC1.C=CC(=O)Cl.CC(=O)N1CCN(c2c(N)cnc3c(F)c(-c4c(O)cccc4F)c(Cl)cc23)CC1. The third-order valence-corrected chi connectivity index (χ3v) is 12.2. The highest BCUT2D eigenvalue weighted by Gasteiger charge is 2.29. The Morgan fingerprint density at radius 1 is 0.667 bits per heavy atom. The quantitative estimate of drug-likeness (QED) is 0.0754. The third-order valence-electron chi connectivity index (χ3n) is 11.5. The second-order valence-corrected chi connectivity index (χ2v) is 16.9. The Labute approximate surface area is 408 Å². The number of piperazine rings is 2. The van der Waals surface area contributed by atoms with E-state index in [1.54, 1.807) is 9.80 Å². The normalized spacial score (nSPS) is 13.6. The van der Waals surface area contributed by atoms with Crippen molar-refractivity contribution in [3.63, 3.8) is 0 Å². The highest BCUT2D eigenvalue weighted by Crippen LogP contribution is 2.45. The molecule has 0 saturated carbocycles. The summed E-state index contributed by atoms with van der Waals surface area (Å²) in [4.78, 5) is 60.7. The molecule has 0 spiro atoms. The lowest BCUT2D eigenvalue weighted by Crippen LogP contribution is -2.48. The van der Waals surface area contributed by atoms with Gasteiger partial charge in [-0.3, -0.25) is 29.1 Å². The Balaban J connectivity index is 0.000000208. The van der Waals surface area contributed by atoms with Gasteiger partial charge in [0.2, 0.25) is 17.1 Å². The molecule has 2 saturated heterocycles. The number of hydrogen-bond donors (Lipinski definition) is 3. The minimum atomic E-state index is -0.881. The van der Waals surface area contributed by atoms with Crippen LogP contribution in [0.5, 0.6) is 11.5 Å². The lowest BCUT2D eigenvalue weighted by molar-refractivity contribution is -0.129. The molecule has 0 bridgehead atoms. The van der Waals surface area contributed by atoms with Crippen LogP contribution in [0.4, 0.5) is 34.6 Å². The Hall–Kier alpha value is -6.95. The number of halogens is 7. The number of phenolic OH excluding ortho intramolecular Hbond substituents is 2. The zero-order chi connectivity index (χ0) is 50.4. The number of nitrogens with zero attached hydrogens (tertiary/aromatic N) is 6. The van der Waals surface area contributed by atoms with Gasteiger partial charge in [-0.2, -0.15) is 0 Å². The Kier molecular flexibility index (Phi) is 16.4. The molecular formula is C49H44Cl3F4N7O6. The second-order valence-electron chi connectivity index (χ2n) is 15.7. The maximum absolute atomic E-state index is 15.8. The first kappa shape index (κ1) is 51.4. The van der Waals surface area contributed by atoms with E-state index < -0.39 is 40.0 Å². The van der Waals surface area contributed by atoms with Gasteiger partial charge in [-0.25, -0.2) is 17.6 Å². The molecule has 0 radical (unpaired) electrons. The fraction of sp³-hybridized carbons (Fsp3) is 0.224. The lowest BCUT2D eigenvalue weighted by Gasteiger charge is -2.37. The molecule has 2 amide bonds. The van der Waals surface area contributed by atoms with E-state index in [-0.39, 0.29) is 67.4 Å². The van der Waals surface area contributed by atoms with Crippen LogP contribution in [-0.4, -0.2) is 105 Å². The molecule has 2 fully saturated rings. The van der Waals surface area contributed by atoms with Crippen LogP contribution in [0.15, 0.2) is 86.2 Å². The zero-order valence-electron chi connectivity index (χ0n) is 37.1. The molecule has 2 aliphatic heterocycles. The van der Waals surface area contributed by atoms with Gasteiger partial charge in [0, 0.05) is 106 Å². The molecule has 2 aliphatic rings. The number of fused-ring (bicyclic) bond motifs is 2. The van der Waals surface area contributed by atoms with Crippen LogP contribution >= 0.6 is 34.8 Å². The van der Waals surface area contributed by atoms with Gasteiger partial charge in [-0.05, 0) is 60.2 Å². The molecule has 20 heteroatoms. The molecule has 4 N–H and O–H groups in total. The smallest absolute Gasteiger partial charge is 0.244 e. The van der Waals surface area contributed by atoms with Gasteiger partial charge in [-0.1, -0.05) is 48.5 Å². The van der Waals surface area contributed by atoms with E-state index in [1.807, 2.05) is 9.80 Å². The summed E-state index contributed by atoms with van der Waals surface area (Å²) in [5.74, 6) is -4.51. The molecule has 8 rings (SSSR count). The van der Waals surface area contributed by atoms with Crippen LogP contribution in [0.3, 0.4) is 0 Å². The van der Waals surface area contributed by atoms with Crippen molar-refractivity contribution < 1.29 is 47.0 Å². The molecule has 6 aromatic rings. The van der Waals surface area contributed by atoms with E-state index in [9.17, 15) is 38.2 Å². The number of nitrogen functional groups attached to an aromatic ring is 1. The summed E-state index contributed by atoms with van der Waals surface area (Å²) in [6, 6.07) is 10.3. The van der Waals surface area contributed by atoms with Crippen molar-refractivity contribution in [2.75, 3.05) is 67.9 Å². The van der Waals surface area contributed by atoms with E-state index in [0.717, 1.165) is 18.2 Å². The molecule has 69 heavy (non-hydrogen) atoms. The number of anilines is 3. The first-order valence-electron chi connectivity index (χ1n) is 21.1. The average Bonchev–Trinajstić information content (AvgIpc) is 3.31. The van der Waals surface area contributed by atoms with Gasteiger partial charge in [0.15, 0.2) is 17.4 Å². The van der Waals surface area contributed by atoms with Crippen LogP contribution in [0.2, 0.25) is 10.0 Å². The number of pyridine rings is 2. The molecule has 0 aliphatic carbocycles. The topological polar surface area (TPSA) is 173 Å². The van der Waals surface area contributed by atoms with Gasteiger partial charge in [0.05, 0.1) is 44.4 Å². The van der Waals surface area contributed by atoms with E-state index in [4.69, 9.17) is 40.5 Å². The predicted molar refractivity (Wildman–Crippen MR) is 261 cm³/mol. The van der Waals surface area contributed by atoms with Crippen molar-refractivity contribution in [2.24, 2.45) is 0 Å². The summed E-state index contributed by atoms with van der Waals surface area (Å²) in [5, 5.41) is 20.3. The molecular weight excluding hydrogens is 965 g/mol. The van der Waals surface area contributed by atoms with E-state index in [2.05, 4.69) is 23.1 Å². The number of amides is 2. The van der Waals surface area contributed by atoms with E-state index >= 15 is 8.78 Å². The number of aromatic hydroxyl groups is 2. The van der Waals surface area contributed by atoms with Crippen LogP contribution in [-0.2, 0) is 25.6 Å². The highest BCUT2D eigenvalue weighted by atomic mass is 35.5. The monoisotopic (exact) mass is 1010 g/mol. The number of hydrogen-bond acceptors (Lipinski definition) is 11. The standard InChI is InChI=1S/C25H22ClF2N3O3.C21H19ClF2N4O2.C3H3ClO/c1-3-16(33)11-15-13-29-24-17(25(15)31-9-7-30(8-10-31)14(2)32)12-18(26)21(23(24)28)22-19(27)5-4-6-20(22)34;1-11(29)27-5-7-28(8-6-27)21-12-9-13(22)17(18-14(23)3-2-4-16(18)30)19(24)20(12)26-10-15(21)25;1-2-3(4)5/h3-6,12-13,34H,1,7-11H2,2H3;2-4,9-10,30H,5-8,25H2,1H3;2H,1H2. The number of phenols is 2. The van der Waals surface area contributed by atoms with Crippen molar-refractivity contribution >= 4 is 96.5 Å². The number of rotatable bonds is 8. The van der Waals surface area contributed by atoms with Crippen LogP contribution < -0.4 is 15.5 Å². The summed E-state index contributed by atoms with van der Waals surface area (Å²) in [6.07, 6.45) is 5.01. The van der Waals surface area contributed by atoms with Crippen molar-refractivity contribution in [1.29, 1.82) is 0 Å². The van der Waals surface area contributed by atoms with Gasteiger partial charge < -0.3 is 35.5 Å². The van der Waals surface area contributed by atoms with Crippen molar-refractivity contribution in [3.8, 4) is 33.8 Å². The molecule has 4 heterocycles. The zero-order valence-corrected chi connectivity index (χ0v) is 39.4. The third kappa shape index (κ3) is 11.0. The molecule has 4 aromatic carbocycles. The largest absolute Gasteiger partial charge is 0.507 e. The maximum Gasteiger partial charge on any atom is 0.244 e. The van der Waals surface area contributed by atoms with Gasteiger partial charge in [-0.15, -0.1) is 0 Å². The van der Waals surface area contributed by atoms with Crippen LogP contribution in [0.1, 0.15) is 19.4 Å². The Bertz CT molecular complexity index is 3000. The summed E-state index contributed by atoms with van der Waals surface area (Å²) in [6.45, 7) is 13.5. The lowest BCUT2D eigenvalue weighted by atomic mass is 9.97. The Morgan fingerprint density at radius 2 is 1.07 bits per heavy atom. The molecule has 13 nitrogen and oxygen atoms in total. The van der Waals surface area contributed by atoms with Crippen molar-refractivity contribution in [2.45, 2.75) is 20.3 Å². The first-order valence-corrected chi connectivity index (χ1v) is 22.2. The summed E-state index contributed by atoms with van der Waals surface area (Å²) >= 11 is 17.5. The molecule has 2 aromatic heterocycles. The maximum atomic E-state index is 15.8. The number of allylic oxidation sites excluding steroid dienone is 2. The number of aromatic nitrogens is 2. The van der Waals surface area contributed by atoms with Crippen LogP contribution in [0.25, 0.3) is 44.1 Å². The fourth-order valence-corrected chi connectivity index (χ4v) is 8.72. The van der Waals surface area contributed by atoms with Crippen molar-refractivity contribution in [1.82, 2.24) is 19.8 Å². The van der Waals surface area contributed by atoms with Crippen LogP contribution in [0, 0.1) is 23.3 Å². The number of benzene rings is 4. The number of nitrogens with two attached hydrogens (primary N) is 1. The predicted octanol–water partition coefficient (Wildman–Crippen LogP) is 9.23. The summed E-state index contributed by atoms with van der Waals surface area (Å²) < 4.78 is 60.1. The van der Waals surface area contributed by atoms with E-state index in [1.165, 1.54) is 68.7 Å². The summed E-state index contributed by atoms with van der Waals surface area (Å²) in [5.41, 5.74) is 6.88. The van der Waals surface area contributed by atoms with E-state index in [0.29, 0.717) is 85.8 Å². The number of carbonyl (C=O) groups is 4. The fourth-order valence-electron chi connectivity index (χ4n) is 8.14. The second kappa shape index (κ2) is 22.0. The number of carbonyl (C=O) groups excluding carboxylic acids is 4.